The van der Waals surface area contributed by atoms with Gasteiger partial charge in [-0.3, -0.25) is 0 Å². The van der Waals surface area contributed by atoms with E-state index in [9.17, 15) is 0 Å². The Morgan fingerprint density at radius 3 is 2.12 bits per heavy atom. The normalized spacial score (nSPS) is 22.1. The highest BCUT2D eigenvalue weighted by Gasteiger charge is 2.20. The number of thiol groups is 1. The third-order valence-corrected chi connectivity index (χ3v) is 2.42. The molecule has 50 valence electrons. The van der Waals surface area contributed by atoms with Gasteiger partial charge in [-0.25, -0.2) is 0 Å². The topological polar surface area (TPSA) is 26.0 Å². The van der Waals surface area contributed by atoms with Crippen LogP contribution in [0.15, 0.2) is 0 Å². The Labute approximate surface area is 57.1 Å². The Kier molecular flexibility index (Phi) is 2.84. The van der Waals surface area contributed by atoms with Gasteiger partial charge in [-0.2, -0.15) is 12.6 Å². The summed E-state index contributed by atoms with van der Waals surface area (Å²) in [6.07, 6.45) is 1.02. The average Bonchev–Trinajstić information content (AvgIpc) is 1.67. The number of hydrogen-bond donors (Lipinski definition) is 2. The lowest BCUT2D eigenvalue weighted by Crippen LogP contribution is -2.37. The molecule has 2 heteroatoms. The molecule has 8 heavy (non-hydrogen) atoms. The predicted molar refractivity (Wildman–Crippen MR) is 41.3 cm³/mol. The van der Waals surface area contributed by atoms with Gasteiger partial charge in [-0.05, 0) is 20.3 Å². The lowest BCUT2D eigenvalue weighted by Gasteiger charge is -2.25. The summed E-state index contributed by atoms with van der Waals surface area (Å²) < 4.78 is 0.0139. The van der Waals surface area contributed by atoms with Crippen molar-refractivity contribution in [2.75, 3.05) is 0 Å². The minimum Gasteiger partial charge on any atom is -0.327 e. The molecule has 0 aliphatic heterocycles. The molecule has 0 amide bonds. The Morgan fingerprint density at radius 1 is 1.75 bits per heavy atom. The van der Waals surface area contributed by atoms with Gasteiger partial charge in [0.15, 0.2) is 0 Å². The van der Waals surface area contributed by atoms with Crippen LogP contribution in [-0.4, -0.2) is 10.8 Å². The standard InChI is InChI=1S/C6H15NS/c1-4-6(3,8)5(2)7/h5,8H,4,7H2,1-3H3. The molecule has 0 aromatic rings. The summed E-state index contributed by atoms with van der Waals surface area (Å²) in [6.45, 7) is 6.13. The third kappa shape index (κ3) is 2.05. The van der Waals surface area contributed by atoms with E-state index in [1.165, 1.54) is 0 Å². The summed E-state index contributed by atoms with van der Waals surface area (Å²) in [5.74, 6) is 0. The van der Waals surface area contributed by atoms with Crippen molar-refractivity contribution >= 4 is 12.6 Å². The molecule has 1 nitrogen and oxygen atoms in total. The zero-order valence-corrected chi connectivity index (χ0v) is 6.70. The first-order chi connectivity index (χ1) is 3.50. The molecule has 0 aliphatic rings. The first kappa shape index (κ1) is 8.31. The molecule has 0 aromatic carbocycles. The summed E-state index contributed by atoms with van der Waals surface area (Å²) in [5.41, 5.74) is 5.60. The van der Waals surface area contributed by atoms with Gasteiger partial charge in [-0.15, -0.1) is 0 Å². The van der Waals surface area contributed by atoms with E-state index in [-0.39, 0.29) is 10.8 Å². The van der Waals surface area contributed by atoms with Crippen molar-refractivity contribution in [3.63, 3.8) is 0 Å². The van der Waals surface area contributed by atoms with Crippen LogP contribution in [0, 0.1) is 0 Å². The first-order valence-electron chi connectivity index (χ1n) is 2.98. The van der Waals surface area contributed by atoms with Gasteiger partial charge >= 0.3 is 0 Å². The molecular formula is C6H15NS. The van der Waals surface area contributed by atoms with Crippen molar-refractivity contribution in [2.45, 2.75) is 38.0 Å². The molecular weight excluding hydrogens is 118 g/mol. The molecule has 0 radical (unpaired) electrons. The molecule has 0 saturated carbocycles. The second-order valence-electron chi connectivity index (χ2n) is 2.50. The van der Waals surface area contributed by atoms with E-state index < -0.39 is 0 Å². The zero-order chi connectivity index (χ0) is 6.78. The fourth-order valence-corrected chi connectivity index (χ4v) is 0.322. The van der Waals surface area contributed by atoms with Crippen molar-refractivity contribution in [1.82, 2.24) is 0 Å². The van der Waals surface area contributed by atoms with Crippen LogP contribution >= 0.6 is 12.6 Å². The SMILES string of the molecule is CCC(C)(S)C(C)N. The number of nitrogens with two attached hydrogens (primary N) is 1. The summed E-state index contributed by atoms with van der Waals surface area (Å²) in [6, 6.07) is 0.177. The fraction of sp³-hybridized carbons (Fsp3) is 1.00. The Hall–Kier alpha value is 0.310. The van der Waals surface area contributed by atoms with Crippen molar-refractivity contribution < 1.29 is 0 Å². The fourth-order valence-electron chi connectivity index (χ4n) is 0.322. The van der Waals surface area contributed by atoms with E-state index in [0.29, 0.717) is 0 Å². The van der Waals surface area contributed by atoms with Crippen molar-refractivity contribution in [1.29, 1.82) is 0 Å². The summed E-state index contributed by atoms with van der Waals surface area (Å²) >= 11 is 4.36. The van der Waals surface area contributed by atoms with Crippen LogP contribution in [0.25, 0.3) is 0 Å². The monoisotopic (exact) mass is 133 g/mol. The molecule has 0 fully saturated rings. The van der Waals surface area contributed by atoms with E-state index in [1.54, 1.807) is 0 Å². The summed E-state index contributed by atoms with van der Waals surface area (Å²) in [5, 5.41) is 0. The lowest BCUT2D eigenvalue weighted by atomic mass is 10.0. The summed E-state index contributed by atoms with van der Waals surface area (Å²) in [4.78, 5) is 0. The van der Waals surface area contributed by atoms with E-state index in [2.05, 4.69) is 26.5 Å². The Balaban J connectivity index is 3.71. The molecule has 0 aliphatic carbocycles. The minimum absolute atomic E-state index is 0.0139. The van der Waals surface area contributed by atoms with E-state index >= 15 is 0 Å². The maximum atomic E-state index is 5.60. The largest absolute Gasteiger partial charge is 0.327 e. The molecule has 0 heterocycles. The van der Waals surface area contributed by atoms with E-state index in [1.807, 2.05) is 6.92 Å². The maximum Gasteiger partial charge on any atom is 0.0247 e. The van der Waals surface area contributed by atoms with Crippen molar-refractivity contribution in [3.8, 4) is 0 Å². The molecule has 2 atom stereocenters. The molecule has 2 unspecified atom stereocenters. The average molecular weight is 133 g/mol. The smallest absolute Gasteiger partial charge is 0.0247 e. The molecule has 0 rings (SSSR count). The minimum atomic E-state index is 0.0139. The van der Waals surface area contributed by atoms with Crippen LogP contribution in [0.4, 0.5) is 0 Å². The highest BCUT2D eigenvalue weighted by atomic mass is 32.1. The third-order valence-electron chi connectivity index (χ3n) is 1.70. The van der Waals surface area contributed by atoms with Crippen LogP contribution in [0.3, 0.4) is 0 Å². The van der Waals surface area contributed by atoms with Crippen molar-refractivity contribution in [2.24, 2.45) is 5.73 Å². The van der Waals surface area contributed by atoms with Crippen molar-refractivity contribution in [3.05, 3.63) is 0 Å². The number of hydrogen-bond acceptors (Lipinski definition) is 2. The van der Waals surface area contributed by atoms with Gasteiger partial charge in [0, 0.05) is 10.8 Å². The first-order valence-corrected chi connectivity index (χ1v) is 3.43. The van der Waals surface area contributed by atoms with Crippen LogP contribution in [0.2, 0.25) is 0 Å². The summed E-state index contributed by atoms with van der Waals surface area (Å²) in [7, 11) is 0. The number of rotatable bonds is 2. The molecule has 0 saturated heterocycles. The van der Waals surface area contributed by atoms with Gasteiger partial charge in [0.1, 0.15) is 0 Å². The maximum absolute atomic E-state index is 5.60. The molecule has 2 N–H and O–H groups in total. The predicted octanol–water partition coefficient (Wildman–Crippen LogP) is 1.43. The lowest BCUT2D eigenvalue weighted by molar-refractivity contribution is 0.523. The second-order valence-corrected chi connectivity index (χ2v) is 3.52. The Morgan fingerprint density at radius 2 is 2.12 bits per heavy atom. The van der Waals surface area contributed by atoms with Crippen LogP contribution < -0.4 is 5.73 Å². The van der Waals surface area contributed by atoms with Crippen LogP contribution in [-0.2, 0) is 0 Å². The van der Waals surface area contributed by atoms with Gasteiger partial charge in [0.2, 0.25) is 0 Å². The molecule has 0 spiro atoms. The molecule has 0 bridgehead atoms. The van der Waals surface area contributed by atoms with Crippen LogP contribution in [0.5, 0.6) is 0 Å². The van der Waals surface area contributed by atoms with Crippen LogP contribution in [0.1, 0.15) is 27.2 Å². The highest BCUT2D eigenvalue weighted by molar-refractivity contribution is 7.81. The van der Waals surface area contributed by atoms with E-state index in [0.717, 1.165) is 6.42 Å². The second kappa shape index (κ2) is 2.74. The zero-order valence-electron chi connectivity index (χ0n) is 5.81. The molecule has 0 aromatic heterocycles. The van der Waals surface area contributed by atoms with Gasteiger partial charge < -0.3 is 5.73 Å². The Bertz CT molecular complexity index is 68.9. The van der Waals surface area contributed by atoms with Gasteiger partial charge in [0.25, 0.3) is 0 Å². The highest BCUT2D eigenvalue weighted by Crippen LogP contribution is 2.20. The quantitative estimate of drug-likeness (QED) is 0.548. The van der Waals surface area contributed by atoms with E-state index in [4.69, 9.17) is 5.73 Å². The van der Waals surface area contributed by atoms with Gasteiger partial charge in [-0.1, -0.05) is 6.92 Å². The van der Waals surface area contributed by atoms with Gasteiger partial charge in [0.05, 0.1) is 0 Å².